The maximum atomic E-state index is 10.7. The van der Waals surface area contributed by atoms with Crippen molar-refractivity contribution >= 4 is 5.91 Å². The SMILES string of the molecule is CC.NCCOCCOCCOCCOCCOCCNC(=O)CO. The predicted molar refractivity (Wildman–Crippen MR) is 94.6 cm³/mol. The minimum absolute atomic E-state index is 0.375. The van der Waals surface area contributed by atoms with Gasteiger partial charge < -0.3 is 39.8 Å². The van der Waals surface area contributed by atoms with Gasteiger partial charge in [-0.05, 0) is 0 Å². The molecule has 1 amide bonds. The summed E-state index contributed by atoms with van der Waals surface area (Å²) in [7, 11) is 0. The number of carbonyl (C=O) groups is 1. The fourth-order valence-corrected chi connectivity index (χ4v) is 1.38. The molecule has 0 radical (unpaired) electrons. The molecule has 9 heteroatoms. The molecular weight excluding hydrogens is 332 g/mol. The summed E-state index contributed by atoms with van der Waals surface area (Å²) in [5, 5.41) is 10.9. The molecule has 0 aromatic heterocycles. The van der Waals surface area contributed by atoms with Crippen LogP contribution in [0, 0.1) is 0 Å². The second kappa shape index (κ2) is 25.4. The Morgan fingerprint density at radius 1 is 0.760 bits per heavy atom. The van der Waals surface area contributed by atoms with Gasteiger partial charge in [0, 0.05) is 13.1 Å². The van der Waals surface area contributed by atoms with Crippen molar-refractivity contribution in [1.29, 1.82) is 0 Å². The number of nitrogens with two attached hydrogens (primary N) is 1. The zero-order chi connectivity index (χ0) is 19.0. The fourth-order valence-electron chi connectivity index (χ4n) is 1.38. The van der Waals surface area contributed by atoms with Crippen LogP contribution in [-0.4, -0.2) is 96.8 Å². The second-order valence-corrected chi connectivity index (χ2v) is 4.36. The minimum Gasteiger partial charge on any atom is -0.387 e. The lowest BCUT2D eigenvalue weighted by Crippen LogP contribution is -2.29. The Kier molecular flexibility index (Phi) is 26.9. The van der Waals surface area contributed by atoms with Gasteiger partial charge in [-0.2, -0.15) is 0 Å². The first-order chi connectivity index (χ1) is 12.3. The Morgan fingerprint density at radius 2 is 1.12 bits per heavy atom. The standard InChI is InChI=1S/C14H30N2O7.C2H6/c15-1-3-19-5-7-21-9-11-23-12-10-22-8-6-20-4-2-16-14(18)13-17;1-2/h17H,1-13,15H2,(H,16,18);1-2H3. The molecule has 0 saturated heterocycles. The molecule has 0 bridgehead atoms. The average molecular weight is 368 g/mol. The van der Waals surface area contributed by atoms with Gasteiger partial charge in [0.1, 0.15) is 6.61 Å². The van der Waals surface area contributed by atoms with Gasteiger partial charge in [0.05, 0.1) is 66.1 Å². The number of hydrogen-bond acceptors (Lipinski definition) is 8. The lowest BCUT2D eigenvalue weighted by molar-refractivity contribution is -0.124. The maximum Gasteiger partial charge on any atom is 0.245 e. The Hall–Kier alpha value is -0.810. The van der Waals surface area contributed by atoms with E-state index in [1.165, 1.54) is 0 Å². The summed E-state index contributed by atoms with van der Waals surface area (Å²) in [6.07, 6.45) is 0. The summed E-state index contributed by atoms with van der Waals surface area (Å²) >= 11 is 0. The van der Waals surface area contributed by atoms with Crippen LogP contribution in [0.3, 0.4) is 0 Å². The molecule has 0 heterocycles. The average Bonchev–Trinajstić information content (AvgIpc) is 2.65. The third kappa shape index (κ3) is 25.5. The molecule has 0 aliphatic heterocycles. The quantitative estimate of drug-likeness (QED) is 0.268. The normalized spacial score (nSPS) is 10.2. The zero-order valence-electron chi connectivity index (χ0n) is 15.7. The molecule has 0 aliphatic rings. The highest BCUT2D eigenvalue weighted by atomic mass is 16.6. The number of nitrogens with one attached hydrogen (secondary N) is 1. The van der Waals surface area contributed by atoms with E-state index in [0.29, 0.717) is 79.2 Å². The van der Waals surface area contributed by atoms with Gasteiger partial charge in [0.2, 0.25) is 5.91 Å². The lowest BCUT2D eigenvalue weighted by Gasteiger charge is -2.08. The van der Waals surface area contributed by atoms with Crippen molar-refractivity contribution < 1.29 is 33.6 Å². The molecule has 0 aliphatic carbocycles. The number of ether oxygens (including phenoxy) is 5. The van der Waals surface area contributed by atoms with Crippen molar-refractivity contribution in [3.63, 3.8) is 0 Å². The summed E-state index contributed by atoms with van der Waals surface area (Å²) in [6.45, 7) is 9.35. The van der Waals surface area contributed by atoms with Gasteiger partial charge in [-0.1, -0.05) is 13.8 Å². The molecule has 0 atom stereocenters. The molecule has 4 N–H and O–H groups in total. The largest absolute Gasteiger partial charge is 0.387 e. The Balaban J connectivity index is 0. The van der Waals surface area contributed by atoms with Crippen molar-refractivity contribution in [2.45, 2.75) is 13.8 Å². The maximum absolute atomic E-state index is 10.7. The van der Waals surface area contributed by atoms with Crippen molar-refractivity contribution in [2.75, 3.05) is 85.8 Å². The highest BCUT2D eigenvalue weighted by molar-refractivity contribution is 5.76. The van der Waals surface area contributed by atoms with Crippen LogP contribution < -0.4 is 11.1 Å². The van der Waals surface area contributed by atoms with Crippen LogP contribution in [-0.2, 0) is 28.5 Å². The third-order valence-corrected chi connectivity index (χ3v) is 2.46. The minimum atomic E-state index is -0.504. The molecule has 0 rings (SSSR count). The van der Waals surface area contributed by atoms with E-state index < -0.39 is 12.5 Å². The first-order valence-electron chi connectivity index (χ1n) is 8.77. The number of hydrogen-bond donors (Lipinski definition) is 3. The molecule has 0 unspecified atom stereocenters. The van der Waals surface area contributed by atoms with Gasteiger partial charge in [-0.25, -0.2) is 0 Å². The molecule has 0 saturated carbocycles. The molecular formula is C16H36N2O7. The van der Waals surface area contributed by atoms with E-state index in [4.69, 9.17) is 34.5 Å². The molecule has 0 aromatic carbocycles. The van der Waals surface area contributed by atoms with Crippen molar-refractivity contribution in [3.05, 3.63) is 0 Å². The smallest absolute Gasteiger partial charge is 0.245 e. The van der Waals surface area contributed by atoms with Gasteiger partial charge in [0.25, 0.3) is 0 Å². The van der Waals surface area contributed by atoms with Crippen LogP contribution in [0.4, 0.5) is 0 Å². The van der Waals surface area contributed by atoms with Gasteiger partial charge >= 0.3 is 0 Å². The number of aliphatic hydroxyl groups is 1. The topological polar surface area (TPSA) is 122 Å². The second-order valence-electron chi connectivity index (χ2n) is 4.36. The van der Waals surface area contributed by atoms with Gasteiger partial charge in [0.15, 0.2) is 0 Å². The number of rotatable bonds is 18. The van der Waals surface area contributed by atoms with Crippen LogP contribution in [0.5, 0.6) is 0 Å². The van der Waals surface area contributed by atoms with Gasteiger partial charge in [-0.3, -0.25) is 4.79 Å². The van der Waals surface area contributed by atoms with E-state index in [-0.39, 0.29) is 0 Å². The van der Waals surface area contributed by atoms with Crippen LogP contribution >= 0.6 is 0 Å². The highest BCUT2D eigenvalue weighted by Crippen LogP contribution is 1.83. The molecule has 9 nitrogen and oxygen atoms in total. The number of carbonyl (C=O) groups excluding carboxylic acids is 1. The molecule has 0 spiro atoms. The third-order valence-electron chi connectivity index (χ3n) is 2.46. The predicted octanol–water partition coefficient (Wildman–Crippen LogP) is -0.837. The van der Waals surface area contributed by atoms with E-state index in [0.717, 1.165) is 0 Å². The summed E-state index contributed by atoms with van der Waals surface area (Å²) in [4.78, 5) is 10.7. The molecule has 0 aromatic rings. The molecule has 25 heavy (non-hydrogen) atoms. The monoisotopic (exact) mass is 368 g/mol. The molecule has 152 valence electrons. The van der Waals surface area contributed by atoms with E-state index in [9.17, 15) is 4.79 Å². The summed E-state index contributed by atoms with van der Waals surface area (Å²) in [5.74, 6) is -0.408. The van der Waals surface area contributed by atoms with Crippen molar-refractivity contribution in [3.8, 4) is 0 Å². The van der Waals surface area contributed by atoms with E-state index >= 15 is 0 Å². The van der Waals surface area contributed by atoms with Crippen LogP contribution in [0.2, 0.25) is 0 Å². The van der Waals surface area contributed by atoms with Crippen molar-refractivity contribution in [1.82, 2.24) is 5.32 Å². The Morgan fingerprint density at radius 3 is 1.48 bits per heavy atom. The first-order valence-corrected chi connectivity index (χ1v) is 8.77. The van der Waals surface area contributed by atoms with Crippen LogP contribution in [0.25, 0.3) is 0 Å². The summed E-state index contributed by atoms with van der Waals surface area (Å²) in [5.41, 5.74) is 5.28. The summed E-state index contributed by atoms with van der Waals surface area (Å²) < 4.78 is 26.3. The number of aliphatic hydroxyl groups excluding tert-OH is 1. The zero-order valence-corrected chi connectivity index (χ0v) is 15.7. The number of amides is 1. The molecule has 0 fully saturated rings. The van der Waals surface area contributed by atoms with Crippen LogP contribution in [0.15, 0.2) is 0 Å². The van der Waals surface area contributed by atoms with Crippen molar-refractivity contribution in [2.24, 2.45) is 5.73 Å². The van der Waals surface area contributed by atoms with E-state index in [1.54, 1.807) is 0 Å². The fraction of sp³-hybridized carbons (Fsp3) is 0.938. The van der Waals surface area contributed by atoms with Crippen LogP contribution in [0.1, 0.15) is 13.8 Å². The van der Waals surface area contributed by atoms with Gasteiger partial charge in [-0.15, -0.1) is 0 Å². The van der Waals surface area contributed by atoms with E-state index in [1.807, 2.05) is 13.8 Å². The summed E-state index contributed by atoms with van der Waals surface area (Å²) in [6, 6.07) is 0. The first kappa shape index (κ1) is 26.4. The highest BCUT2D eigenvalue weighted by Gasteiger charge is 1.96. The van der Waals surface area contributed by atoms with E-state index in [2.05, 4.69) is 5.32 Å². The Labute approximate surface area is 151 Å². The lowest BCUT2D eigenvalue weighted by atomic mass is 10.6. The Bertz CT molecular complexity index is 259.